The number of hydrogen-bond acceptors (Lipinski definition) is 1. The Hall–Kier alpha value is -1.38. The minimum atomic E-state index is 0.283. The minimum absolute atomic E-state index is 0.283. The van der Waals surface area contributed by atoms with Crippen molar-refractivity contribution in [2.75, 3.05) is 6.61 Å². The monoisotopic (exact) mass is 298 g/mol. The van der Waals surface area contributed by atoms with Crippen molar-refractivity contribution in [3.8, 4) is 0 Å². The summed E-state index contributed by atoms with van der Waals surface area (Å²) < 4.78 is 6.60. The zero-order valence-electron chi connectivity index (χ0n) is 9.69. The van der Waals surface area contributed by atoms with E-state index in [1.807, 2.05) is 0 Å². The van der Waals surface area contributed by atoms with Crippen LogP contribution in [0.15, 0.2) is 53.0 Å². The summed E-state index contributed by atoms with van der Waals surface area (Å²) in [5.41, 5.74) is 1.30. The lowest BCUT2D eigenvalue weighted by Gasteiger charge is -2.10. The van der Waals surface area contributed by atoms with Crippen LogP contribution in [-0.4, -0.2) is 6.61 Å². The van der Waals surface area contributed by atoms with Crippen molar-refractivity contribution in [3.05, 3.63) is 58.6 Å². The van der Waals surface area contributed by atoms with Crippen LogP contribution >= 0.6 is 15.9 Å². The largest absolute Gasteiger partial charge is 0.368 e. The van der Waals surface area contributed by atoms with Gasteiger partial charge in [0.25, 0.3) is 0 Å². The van der Waals surface area contributed by atoms with Crippen molar-refractivity contribution in [1.82, 2.24) is 0 Å². The molecular formula is C16H11BrO. The molecule has 1 aliphatic heterocycles. The third kappa shape index (κ3) is 1.49. The van der Waals surface area contributed by atoms with E-state index in [1.54, 1.807) is 0 Å². The third-order valence-corrected chi connectivity index (χ3v) is 4.17. The summed E-state index contributed by atoms with van der Waals surface area (Å²) in [6.45, 7) is 0.846. The van der Waals surface area contributed by atoms with Gasteiger partial charge in [-0.1, -0.05) is 58.4 Å². The summed E-state index contributed by atoms with van der Waals surface area (Å²) in [5, 5.41) is 5.16. The van der Waals surface area contributed by atoms with Crippen LogP contribution < -0.4 is 0 Å². The average Bonchev–Trinajstić information content (AvgIpc) is 3.22. The highest BCUT2D eigenvalue weighted by Gasteiger charge is 2.27. The fourth-order valence-corrected chi connectivity index (χ4v) is 3.32. The summed E-state index contributed by atoms with van der Waals surface area (Å²) >= 11 is 3.71. The van der Waals surface area contributed by atoms with Gasteiger partial charge in [-0.3, -0.25) is 0 Å². The van der Waals surface area contributed by atoms with E-state index in [4.69, 9.17) is 4.74 Å². The van der Waals surface area contributed by atoms with Gasteiger partial charge >= 0.3 is 0 Å². The van der Waals surface area contributed by atoms with Crippen LogP contribution in [0.3, 0.4) is 0 Å². The summed E-state index contributed by atoms with van der Waals surface area (Å²) in [5.74, 6) is 0. The number of hydrogen-bond donors (Lipinski definition) is 0. The third-order valence-electron chi connectivity index (χ3n) is 3.55. The molecular weight excluding hydrogens is 288 g/mol. The highest BCUT2D eigenvalue weighted by atomic mass is 79.9. The van der Waals surface area contributed by atoms with Crippen LogP contribution in [0.2, 0.25) is 0 Å². The second kappa shape index (κ2) is 3.81. The molecule has 0 bridgehead atoms. The zero-order chi connectivity index (χ0) is 12.1. The Kier molecular flexibility index (Phi) is 2.23. The maximum atomic E-state index is 5.45. The lowest BCUT2D eigenvalue weighted by atomic mass is 9.97. The van der Waals surface area contributed by atoms with Gasteiger partial charge in [-0.25, -0.2) is 0 Å². The van der Waals surface area contributed by atoms with Gasteiger partial charge in [0.1, 0.15) is 6.10 Å². The van der Waals surface area contributed by atoms with Crippen molar-refractivity contribution >= 4 is 37.5 Å². The molecule has 1 fully saturated rings. The Balaban J connectivity index is 2.21. The molecule has 2 heteroatoms. The van der Waals surface area contributed by atoms with E-state index in [-0.39, 0.29) is 6.10 Å². The molecule has 4 rings (SSSR count). The molecule has 0 saturated carbocycles. The van der Waals surface area contributed by atoms with E-state index < -0.39 is 0 Å². The molecule has 1 aliphatic rings. The van der Waals surface area contributed by atoms with Gasteiger partial charge in [0.15, 0.2) is 0 Å². The van der Waals surface area contributed by atoms with Crippen LogP contribution in [0.1, 0.15) is 11.7 Å². The molecule has 0 radical (unpaired) electrons. The molecule has 18 heavy (non-hydrogen) atoms. The fraction of sp³-hybridized carbons (Fsp3) is 0.125. The lowest BCUT2D eigenvalue weighted by Crippen LogP contribution is -1.87. The van der Waals surface area contributed by atoms with E-state index in [1.165, 1.54) is 27.1 Å². The van der Waals surface area contributed by atoms with Crippen molar-refractivity contribution in [2.24, 2.45) is 0 Å². The number of rotatable bonds is 1. The van der Waals surface area contributed by atoms with Crippen molar-refractivity contribution in [1.29, 1.82) is 0 Å². The van der Waals surface area contributed by atoms with Gasteiger partial charge in [0.2, 0.25) is 0 Å². The van der Waals surface area contributed by atoms with E-state index in [0.717, 1.165) is 11.1 Å². The Morgan fingerprint density at radius 3 is 2.61 bits per heavy atom. The summed E-state index contributed by atoms with van der Waals surface area (Å²) in [6.07, 6.45) is 0.283. The summed E-state index contributed by atoms with van der Waals surface area (Å²) in [6, 6.07) is 17.2. The van der Waals surface area contributed by atoms with Crippen LogP contribution in [-0.2, 0) is 4.74 Å². The molecule has 0 aliphatic carbocycles. The normalized spacial score (nSPS) is 18.4. The quantitative estimate of drug-likeness (QED) is 0.463. The standard InChI is InChI=1S/C16H11BrO/c17-14-8-10-4-1-2-5-11(10)12-6-3-7-13(16(12)14)15-9-18-15/h1-8,15H,9H2/t15-/m1/s1. The van der Waals surface area contributed by atoms with Gasteiger partial charge in [-0.15, -0.1) is 0 Å². The highest BCUT2D eigenvalue weighted by molar-refractivity contribution is 9.10. The molecule has 3 aromatic rings. The first kappa shape index (κ1) is 10.5. The lowest BCUT2D eigenvalue weighted by molar-refractivity contribution is 0.417. The average molecular weight is 299 g/mol. The van der Waals surface area contributed by atoms with E-state index in [2.05, 4.69) is 64.5 Å². The maximum Gasteiger partial charge on any atom is 0.107 e. The smallest absolute Gasteiger partial charge is 0.107 e. The number of epoxide rings is 1. The van der Waals surface area contributed by atoms with Crippen LogP contribution in [0.4, 0.5) is 0 Å². The van der Waals surface area contributed by atoms with Gasteiger partial charge in [-0.05, 0) is 27.8 Å². The van der Waals surface area contributed by atoms with Gasteiger partial charge in [0.05, 0.1) is 6.61 Å². The SMILES string of the molecule is Brc1cc2ccccc2c2cccc([C@H]3CO3)c12. The second-order valence-electron chi connectivity index (χ2n) is 4.67. The first-order valence-corrected chi connectivity index (χ1v) is 6.85. The Labute approximate surface area is 113 Å². The molecule has 0 spiro atoms. The van der Waals surface area contributed by atoms with Gasteiger partial charge in [-0.2, -0.15) is 0 Å². The Morgan fingerprint density at radius 1 is 1.00 bits per heavy atom. The Bertz CT molecular complexity index is 759. The predicted octanol–water partition coefficient (Wildman–Crippen LogP) is 4.83. The van der Waals surface area contributed by atoms with Crippen molar-refractivity contribution in [2.45, 2.75) is 6.10 Å². The first-order valence-electron chi connectivity index (χ1n) is 6.06. The minimum Gasteiger partial charge on any atom is -0.368 e. The fourth-order valence-electron chi connectivity index (χ4n) is 2.63. The molecule has 3 aromatic carbocycles. The van der Waals surface area contributed by atoms with Crippen molar-refractivity contribution in [3.63, 3.8) is 0 Å². The van der Waals surface area contributed by atoms with Crippen LogP contribution in [0.5, 0.6) is 0 Å². The van der Waals surface area contributed by atoms with E-state index in [9.17, 15) is 0 Å². The predicted molar refractivity (Wildman–Crippen MR) is 77.8 cm³/mol. The molecule has 1 heterocycles. The van der Waals surface area contributed by atoms with Gasteiger partial charge < -0.3 is 4.74 Å². The first-order chi connectivity index (χ1) is 8.84. The molecule has 0 unspecified atom stereocenters. The number of halogens is 1. The summed E-state index contributed by atoms with van der Waals surface area (Å²) in [4.78, 5) is 0. The molecule has 1 atom stereocenters. The number of fused-ring (bicyclic) bond motifs is 3. The van der Waals surface area contributed by atoms with Gasteiger partial charge in [0, 0.05) is 9.86 Å². The molecule has 1 saturated heterocycles. The molecule has 1 nitrogen and oxygen atoms in total. The second-order valence-corrected chi connectivity index (χ2v) is 5.53. The number of ether oxygens (including phenoxy) is 1. The zero-order valence-corrected chi connectivity index (χ0v) is 11.3. The van der Waals surface area contributed by atoms with E-state index in [0.29, 0.717) is 0 Å². The van der Waals surface area contributed by atoms with Crippen molar-refractivity contribution < 1.29 is 4.74 Å². The number of benzene rings is 3. The molecule has 0 N–H and O–H groups in total. The topological polar surface area (TPSA) is 12.5 Å². The van der Waals surface area contributed by atoms with E-state index >= 15 is 0 Å². The summed E-state index contributed by atoms with van der Waals surface area (Å²) in [7, 11) is 0. The maximum absolute atomic E-state index is 5.45. The molecule has 0 aromatic heterocycles. The van der Waals surface area contributed by atoms with Crippen LogP contribution in [0, 0.1) is 0 Å². The molecule has 88 valence electrons. The van der Waals surface area contributed by atoms with Crippen LogP contribution in [0.25, 0.3) is 21.5 Å². The molecule has 0 amide bonds. The highest BCUT2D eigenvalue weighted by Crippen LogP contribution is 2.40. The Morgan fingerprint density at radius 2 is 1.78 bits per heavy atom.